The van der Waals surface area contributed by atoms with Crippen molar-refractivity contribution in [3.8, 4) is 0 Å². The van der Waals surface area contributed by atoms with E-state index in [1.54, 1.807) is 7.11 Å². The van der Waals surface area contributed by atoms with Gasteiger partial charge >= 0.3 is 0 Å². The molecule has 1 aromatic carbocycles. The average molecular weight is 222 g/mol. The second-order valence-electron chi connectivity index (χ2n) is 3.20. The van der Waals surface area contributed by atoms with Crippen LogP contribution in [0.15, 0.2) is 36.4 Å². The Morgan fingerprint density at radius 2 is 1.88 bits per heavy atom. The summed E-state index contributed by atoms with van der Waals surface area (Å²) in [5.74, 6) is 0. The van der Waals surface area contributed by atoms with E-state index in [0.717, 1.165) is 0 Å². The highest BCUT2D eigenvalue weighted by Crippen LogP contribution is 2.00. The van der Waals surface area contributed by atoms with Crippen LogP contribution in [0.2, 0.25) is 0 Å². The lowest BCUT2D eigenvalue weighted by molar-refractivity contribution is -0.0570. The molecule has 3 heteroatoms. The van der Waals surface area contributed by atoms with Gasteiger partial charge in [0.05, 0.1) is 19.8 Å². The van der Waals surface area contributed by atoms with Gasteiger partial charge in [0.2, 0.25) is 0 Å². The van der Waals surface area contributed by atoms with E-state index in [9.17, 15) is 0 Å². The zero-order valence-electron chi connectivity index (χ0n) is 9.59. The van der Waals surface area contributed by atoms with E-state index in [1.165, 1.54) is 5.56 Å². The highest BCUT2D eigenvalue weighted by atomic mass is 16.7. The van der Waals surface area contributed by atoms with E-state index in [4.69, 9.17) is 14.2 Å². The Morgan fingerprint density at radius 3 is 2.62 bits per heavy atom. The van der Waals surface area contributed by atoms with Crippen molar-refractivity contribution in [2.45, 2.75) is 0 Å². The first-order valence-electron chi connectivity index (χ1n) is 5.29. The van der Waals surface area contributed by atoms with Gasteiger partial charge in [0.25, 0.3) is 0 Å². The van der Waals surface area contributed by atoms with Crippen molar-refractivity contribution >= 4 is 6.08 Å². The van der Waals surface area contributed by atoms with E-state index < -0.39 is 0 Å². The van der Waals surface area contributed by atoms with Crippen LogP contribution in [0.25, 0.3) is 6.08 Å². The molecule has 0 N–H and O–H groups in total. The summed E-state index contributed by atoms with van der Waals surface area (Å²) in [6.45, 7) is 2.03. The molecule has 0 heterocycles. The molecule has 3 nitrogen and oxygen atoms in total. The second-order valence-corrected chi connectivity index (χ2v) is 3.20. The third-order valence-corrected chi connectivity index (χ3v) is 1.92. The molecule has 0 fully saturated rings. The lowest BCUT2D eigenvalue weighted by atomic mass is 10.2. The highest BCUT2D eigenvalue weighted by molar-refractivity contribution is 5.48. The quantitative estimate of drug-likeness (QED) is 0.499. The minimum atomic E-state index is 0.308. The van der Waals surface area contributed by atoms with E-state index in [-0.39, 0.29) is 0 Å². The topological polar surface area (TPSA) is 27.7 Å². The van der Waals surface area contributed by atoms with Crippen LogP contribution in [0, 0.1) is 0 Å². The maximum absolute atomic E-state index is 5.24. The van der Waals surface area contributed by atoms with Gasteiger partial charge in [-0.15, -0.1) is 0 Å². The fourth-order valence-electron chi connectivity index (χ4n) is 1.12. The summed E-state index contributed by atoms with van der Waals surface area (Å²) < 4.78 is 15.2. The summed E-state index contributed by atoms with van der Waals surface area (Å²) in [5, 5.41) is 0. The Morgan fingerprint density at radius 1 is 1.06 bits per heavy atom. The summed E-state index contributed by atoms with van der Waals surface area (Å²) in [5.41, 5.74) is 1.17. The fourth-order valence-corrected chi connectivity index (χ4v) is 1.12. The van der Waals surface area contributed by atoms with Gasteiger partial charge in [0, 0.05) is 7.11 Å². The predicted molar refractivity (Wildman–Crippen MR) is 64.1 cm³/mol. The van der Waals surface area contributed by atoms with Gasteiger partial charge in [-0.05, 0) is 5.56 Å². The maximum Gasteiger partial charge on any atom is 0.147 e. The summed E-state index contributed by atoms with van der Waals surface area (Å²) >= 11 is 0. The fraction of sp³-hybridized carbons (Fsp3) is 0.385. The zero-order valence-corrected chi connectivity index (χ0v) is 9.59. The van der Waals surface area contributed by atoms with Crippen LogP contribution >= 0.6 is 0 Å². The van der Waals surface area contributed by atoms with Gasteiger partial charge in [-0.25, -0.2) is 0 Å². The van der Waals surface area contributed by atoms with Gasteiger partial charge < -0.3 is 14.2 Å². The van der Waals surface area contributed by atoms with Crippen molar-refractivity contribution in [3.63, 3.8) is 0 Å². The maximum atomic E-state index is 5.24. The summed E-state index contributed by atoms with van der Waals surface area (Å²) in [4.78, 5) is 0. The molecule has 0 saturated carbocycles. The largest absolute Gasteiger partial charge is 0.382 e. The van der Waals surface area contributed by atoms with Crippen LogP contribution in [0.1, 0.15) is 5.56 Å². The Hall–Kier alpha value is -1.16. The molecule has 0 unspecified atom stereocenters. The number of rotatable bonds is 8. The van der Waals surface area contributed by atoms with Crippen LogP contribution in [-0.4, -0.2) is 33.7 Å². The van der Waals surface area contributed by atoms with Crippen LogP contribution in [-0.2, 0) is 14.2 Å². The number of benzene rings is 1. The first-order valence-corrected chi connectivity index (χ1v) is 5.29. The van der Waals surface area contributed by atoms with Crippen LogP contribution in [0.3, 0.4) is 0 Å². The molecule has 0 saturated heterocycles. The first-order chi connectivity index (χ1) is 7.93. The molecular formula is C13H18O3. The molecule has 0 aliphatic rings. The number of ether oxygens (including phenoxy) is 3. The predicted octanol–water partition coefficient (Wildman–Crippen LogP) is 2.34. The minimum absolute atomic E-state index is 0.308. The molecule has 0 atom stereocenters. The van der Waals surface area contributed by atoms with Gasteiger partial charge in [-0.3, -0.25) is 0 Å². The number of hydrogen-bond donors (Lipinski definition) is 0. The standard InChI is InChI=1S/C13H18O3/c1-14-10-11-16-12-15-9-5-8-13-6-3-2-4-7-13/h2-8H,9-12H2,1H3/b8-5+. The molecule has 0 aliphatic heterocycles. The summed E-state index contributed by atoms with van der Waals surface area (Å²) in [7, 11) is 1.65. The van der Waals surface area contributed by atoms with Crippen molar-refractivity contribution in [3.05, 3.63) is 42.0 Å². The van der Waals surface area contributed by atoms with E-state index >= 15 is 0 Å². The van der Waals surface area contributed by atoms with Gasteiger partial charge in [0.1, 0.15) is 6.79 Å². The molecule has 1 rings (SSSR count). The monoisotopic (exact) mass is 222 g/mol. The molecule has 16 heavy (non-hydrogen) atoms. The van der Waals surface area contributed by atoms with E-state index in [0.29, 0.717) is 26.6 Å². The molecule has 0 aromatic heterocycles. The molecule has 0 amide bonds. The normalized spacial score (nSPS) is 11.1. The lowest BCUT2D eigenvalue weighted by Crippen LogP contribution is -2.05. The smallest absolute Gasteiger partial charge is 0.147 e. The zero-order chi connectivity index (χ0) is 11.5. The van der Waals surface area contributed by atoms with Crippen molar-refractivity contribution in [2.24, 2.45) is 0 Å². The second kappa shape index (κ2) is 9.09. The summed E-state index contributed by atoms with van der Waals surface area (Å²) in [6, 6.07) is 10.1. The van der Waals surface area contributed by atoms with Gasteiger partial charge in [-0.1, -0.05) is 42.5 Å². The third kappa shape index (κ3) is 6.35. The molecule has 0 radical (unpaired) electrons. The third-order valence-electron chi connectivity index (χ3n) is 1.92. The Balaban J connectivity index is 2.01. The van der Waals surface area contributed by atoms with Crippen molar-refractivity contribution in [2.75, 3.05) is 33.7 Å². The SMILES string of the molecule is COCCOCOC/C=C/c1ccccc1. The average Bonchev–Trinajstić information content (AvgIpc) is 2.34. The highest BCUT2D eigenvalue weighted by Gasteiger charge is 1.86. The van der Waals surface area contributed by atoms with Crippen LogP contribution in [0.5, 0.6) is 0 Å². The van der Waals surface area contributed by atoms with Gasteiger partial charge in [0.15, 0.2) is 0 Å². The summed E-state index contributed by atoms with van der Waals surface area (Å²) in [6.07, 6.45) is 3.99. The van der Waals surface area contributed by atoms with Crippen molar-refractivity contribution in [1.29, 1.82) is 0 Å². The van der Waals surface area contributed by atoms with Crippen LogP contribution in [0.4, 0.5) is 0 Å². The molecule has 1 aromatic rings. The van der Waals surface area contributed by atoms with Crippen molar-refractivity contribution in [1.82, 2.24) is 0 Å². The van der Waals surface area contributed by atoms with E-state index in [1.807, 2.05) is 42.5 Å². The Labute approximate surface area is 96.6 Å². The molecule has 88 valence electrons. The number of hydrogen-bond acceptors (Lipinski definition) is 3. The minimum Gasteiger partial charge on any atom is -0.382 e. The van der Waals surface area contributed by atoms with Gasteiger partial charge in [-0.2, -0.15) is 0 Å². The Bertz CT molecular complexity index is 282. The number of methoxy groups -OCH3 is 1. The molecule has 0 aliphatic carbocycles. The molecule has 0 bridgehead atoms. The van der Waals surface area contributed by atoms with Crippen molar-refractivity contribution < 1.29 is 14.2 Å². The lowest BCUT2D eigenvalue weighted by Gasteiger charge is -2.02. The molecular weight excluding hydrogens is 204 g/mol. The first kappa shape index (κ1) is 12.9. The van der Waals surface area contributed by atoms with E-state index in [2.05, 4.69) is 0 Å². The Kier molecular flexibility index (Phi) is 7.34. The molecule has 0 spiro atoms. The van der Waals surface area contributed by atoms with Crippen LogP contribution < -0.4 is 0 Å².